The van der Waals surface area contributed by atoms with E-state index in [2.05, 4.69) is 31.9 Å². The van der Waals surface area contributed by atoms with Crippen molar-refractivity contribution in [2.45, 2.75) is 19.9 Å². The van der Waals surface area contributed by atoms with Crippen molar-refractivity contribution in [3.63, 3.8) is 0 Å². The van der Waals surface area contributed by atoms with Crippen LogP contribution in [-0.2, 0) is 20.0 Å². The van der Waals surface area contributed by atoms with Crippen molar-refractivity contribution in [1.29, 1.82) is 0 Å². The lowest BCUT2D eigenvalue weighted by Crippen LogP contribution is -2.38. The highest BCUT2D eigenvalue weighted by Gasteiger charge is 2.02. The third kappa shape index (κ3) is 5.04. The zero-order chi connectivity index (χ0) is 15.8. The maximum Gasteiger partial charge on any atom is 0.191 e. The van der Waals surface area contributed by atoms with Gasteiger partial charge in [0.25, 0.3) is 0 Å². The fraction of sp³-hybridized carbons (Fsp3) is 0.400. The Kier molecular flexibility index (Phi) is 6.21. The standard InChI is InChI=1S/C15H21ClN6/c1-3-17-15(19-10-14-21-20-11-22(14)2)18-8-7-12-5-4-6-13(16)9-12/h4-6,9,11H,3,7-8,10H2,1-2H3,(H2,17,18,19). The van der Waals surface area contributed by atoms with Gasteiger partial charge in [0.05, 0.1) is 0 Å². The Labute approximate surface area is 135 Å². The fourth-order valence-electron chi connectivity index (χ4n) is 1.96. The molecule has 0 aliphatic heterocycles. The summed E-state index contributed by atoms with van der Waals surface area (Å²) in [7, 11) is 1.91. The molecule has 2 rings (SSSR count). The molecule has 0 atom stereocenters. The van der Waals surface area contributed by atoms with E-state index in [0.717, 1.165) is 36.3 Å². The maximum absolute atomic E-state index is 5.99. The molecule has 6 nitrogen and oxygen atoms in total. The lowest BCUT2D eigenvalue weighted by Gasteiger charge is -2.11. The Morgan fingerprint density at radius 1 is 1.36 bits per heavy atom. The predicted octanol–water partition coefficient (Wildman–Crippen LogP) is 1.77. The summed E-state index contributed by atoms with van der Waals surface area (Å²) >= 11 is 5.99. The van der Waals surface area contributed by atoms with E-state index < -0.39 is 0 Å². The molecule has 7 heteroatoms. The van der Waals surface area contributed by atoms with Gasteiger partial charge in [-0.25, -0.2) is 4.99 Å². The zero-order valence-corrected chi connectivity index (χ0v) is 13.6. The minimum atomic E-state index is 0.489. The molecule has 118 valence electrons. The van der Waals surface area contributed by atoms with Gasteiger partial charge in [-0.15, -0.1) is 10.2 Å². The SMILES string of the molecule is CCNC(=NCc1nncn1C)NCCc1cccc(Cl)c1. The largest absolute Gasteiger partial charge is 0.357 e. The van der Waals surface area contributed by atoms with Gasteiger partial charge in [-0.1, -0.05) is 23.7 Å². The molecule has 2 N–H and O–H groups in total. The van der Waals surface area contributed by atoms with Crippen LogP contribution in [0.5, 0.6) is 0 Å². The Balaban J connectivity index is 1.87. The second kappa shape index (κ2) is 8.38. The molecule has 0 saturated heterocycles. The van der Waals surface area contributed by atoms with Crippen LogP contribution in [-0.4, -0.2) is 33.8 Å². The second-order valence-corrected chi connectivity index (χ2v) is 5.30. The number of nitrogens with one attached hydrogen (secondary N) is 2. The van der Waals surface area contributed by atoms with Crippen LogP contribution in [0.1, 0.15) is 18.3 Å². The molecular weight excluding hydrogens is 300 g/mol. The summed E-state index contributed by atoms with van der Waals surface area (Å²) in [6, 6.07) is 7.89. The van der Waals surface area contributed by atoms with Crippen molar-refractivity contribution in [3.8, 4) is 0 Å². The van der Waals surface area contributed by atoms with Crippen LogP contribution in [0.2, 0.25) is 5.02 Å². The summed E-state index contributed by atoms with van der Waals surface area (Å²) in [5, 5.41) is 15.2. The summed E-state index contributed by atoms with van der Waals surface area (Å²) < 4.78 is 1.86. The first kappa shape index (κ1) is 16.3. The molecule has 0 saturated carbocycles. The topological polar surface area (TPSA) is 67.1 Å². The first-order chi connectivity index (χ1) is 10.7. The van der Waals surface area contributed by atoms with Crippen LogP contribution in [0, 0.1) is 0 Å². The lowest BCUT2D eigenvalue weighted by atomic mass is 10.1. The number of hydrogen-bond donors (Lipinski definition) is 2. The minimum Gasteiger partial charge on any atom is -0.357 e. The van der Waals surface area contributed by atoms with Crippen molar-refractivity contribution in [2.24, 2.45) is 12.0 Å². The van der Waals surface area contributed by atoms with Crippen molar-refractivity contribution in [3.05, 3.63) is 47.0 Å². The van der Waals surface area contributed by atoms with Gasteiger partial charge in [-0.2, -0.15) is 0 Å². The molecule has 1 aromatic heterocycles. The molecule has 0 aliphatic rings. The number of benzene rings is 1. The predicted molar refractivity (Wildman–Crippen MR) is 89.0 cm³/mol. The third-order valence-corrected chi connectivity index (χ3v) is 3.36. The third-order valence-electron chi connectivity index (χ3n) is 3.12. The van der Waals surface area contributed by atoms with E-state index in [1.807, 2.05) is 36.7 Å². The van der Waals surface area contributed by atoms with E-state index >= 15 is 0 Å². The number of guanidine groups is 1. The Morgan fingerprint density at radius 2 is 2.23 bits per heavy atom. The first-order valence-corrected chi connectivity index (χ1v) is 7.66. The zero-order valence-electron chi connectivity index (χ0n) is 12.9. The van der Waals surface area contributed by atoms with Crippen molar-refractivity contribution in [1.82, 2.24) is 25.4 Å². The number of nitrogens with zero attached hydrogens (tertiary/aromatic N) is 4. The number of hydrogen-bond acceptors (Lipinski definition) is 3. The fourth-order valence-corrected chi connectivity index (χ4v) is 2.17. The van der Waals surface area contributed by atoms with Gasteiger partial charge >= 0.3 is 0 Å². The lowest BCUT2D eigenvalue weighted by molar-refractivity contribution is 0.763. The Hall–Kier alpha value is -2.08. The van der Waals surface area contributed by atoms with Gasteiger partial charge in [-0.05, 0) is 31.0 Å². The summed E-state index contributed by atoms with van der Waals surface area (Å²) in [6.07, 6.45) is 2.55. The van der Waals surface area contributed by atoms with Crippen LogP contribution >= 0.6 is 11.6 Å². The molecule has 0 spiro atoms. The molecule has 0 bridgehead atoms. The number of aryl methyl sites for hydroxylation is 1. The summed E-state index contributed by atoms with van der Waals surface area (Å²) in [5.41, 5.74) is 1.20. The van der Waals surface area contributed by atoms with Crippen LogP contribution < -0.4 is 10.6 Å². The summed E-state index contributed by atoms with van der Waals surface area (Å²) in [6.45, 7) is 4.12. The Morgan fingerprint density at radius 3 is 2.91 bits per heavy atom. The number of rotatable bonds is 6. The van der Waals surface area contributed by atoms with Gasteiger partial charge < -0.3 is 15.2 Å². The molecule has 2 aromatic rings. The van der Waals surface area contributed by atoms with Gasteiger partial charge in [0.1, 0.15) is 12.9 Å². The maximum atomic E-state index is 5.99. The minimum absolute atomic E-state index is 0.489. The molecule has 0 aliphatic carbocycles. The Bertz CT molecular complexity index is 622. The molecule has 0 radical (unpaired) electrons. The highest BCUT2D eigenvalue weighted by Crippen LogP contribution is 2.10. The van der Waals surface area contributed by atoms with E-state index in [1.165, 1.54) is 5.56 Å². The van der Waals surface area contributed by atoms with E-state index in [-0.39, 0.29) is 0 Å². The van der Waals surface area contributed by atoms with Crippen molar-refractivity contribution < 1.29 is 0 Å². The molecule has 0 amide bonds. The second-order valence-electron chi connectivity index (χ2n) is 4.86. The smallest absolute Gasteiger partial charge is 0.191 e. The number of aromatic nitrogens is 3. The van der Waals surface area contributed by atoms with Crippen molar-refractivity contribution in [2.75, 3.05) is 13.1 Å². The van der Waals surface area contributed by atoms with Gasteiger partial charge in [0.15, 0.2) is 11.8 Å². The molecule has 1 aromatic carbocycles. The van der Waals surface area contributed by atoms with E-state index in [1.54, 1.807) is 6.33 Å². The van der Waals surface area contributed by atoms with E-state index in [0.29, 0.717) is 6.54 Å². The number of halogens is 1. The van der Waals surface area contributed by atoms with Crippen molar-refractivity contribution >= 4 is 17.6 Å². The monoisotopic (exact) mass is 320 g/mol. The van der Waals surface area contributed by atoms with Crippen LogP contribution in [0.4, 0.5) is 0 Å². The van der Waals surface area contributed by atoms with E-state index in [9.17, 15) is 0 Å². The summed E-state index contributed by atoms with van der Waals surface area (Å²) in [4.78, 5) is 4.51. The van der Waals surface area contributed by atoms with Crippen LogP contribution in [0.3, 0.4) is 0 Å². The molecule has 0 unspecified atom stereocenters. The molecule has 1 heterocycles. The van der Waals surface area contributed by atoms with Gasteiger partial charge in [0, 0.05) is 25.2 Å². The quantitative estimate of drug-likeness (QED) is 0.629. The van der Waals surface area contributed by atoms with Gasteiger partial charge in [-0.3, -0.25) is 0 Å². The van der Waals surface area contributed by atoms with Crippen LogP contribution in [0.15, 0.2) is 35.6 Å². The van der Waals surface area contributed by atoms with E-state index in [4.69, 9.17) is 11.6 Å². The molecule has 0 fully saturated rings. The highest BCUT2D eigenvalue weighted by atomic mass is 35.5. The molecule has 22 heavy (non-hydrogen) atoms. The normalized spacial score (nSPS) is 11.5. The highest BCUT2D eigenvalue weighted by molar-refractivity contribution is 6.30. The van der Waals surface area contributed by atoms with Gasteiger partial charge in [0.2, 0.25) is 0 Å². The van der Waals surface area contributed by atoms with Crippen LogP contribution in [0.25, 0.3) is 0 Å². The average Bonchev–Trinajstić information content (AvgIpc) is 2.90. The molecular formula is C15H21ClN6. The first-order valence-electron chi connectivity index (χ1n) is 7.28. The summed E-state index contributed by atoms with van der Waals surface area (Å²) in [5.74, 6) is 1.60. The average molecular weight is 321 g/mol. The number of aliphatic imine (C=N–C) groups is 1.